The highest BCUT2D eigenvalue weighted by molar-refractivity contribution is 6.28. The minimum atomic E-state index is -0.0532. The van der Waals surface area contributed by atoms with Crippen molar-refractivity contribution >= 4 is 33.7 Å². The first-order chi connectivity index (χ1) is 22.0. The Balaban J connectivity index is 1.22. The molecule has 0 amide bonds. The van der Waals surface area contributed by atoms with Gasteiger partial charge in [0.15, 0.2) is 23.0 Å². The lowest BCUT2D eigenvalue weighted by molar-refractivity contribution is 0.104. The lowest BCUT2D eigenvalue weighted by atomic mass is 9.86. The molecular formula is C35H34N4O6. The van der Waals surface area contributed by atoms with E-state index in [-0.39, 0.29) is 5.78 Å². The molecule has 2 aliphatic rings. The summed E-state index contributed by atoms with van der Waals surface area (Å²) in [6.07, 6.45) is 0. The average Bonchev–Trinajstić information content (AvgIpc) is 3.53. The van der Waals surface area contributed by atoms with Crippen molar-refractivity contribution < 1.29 is 28.3 Å². The fourth-order valence-corrected chi connectivity index (χ4v) is 6.39. The van der Waals surface area contributed by atoms with Crippen LogP contribution in [0.2, 0.25) is 0 Å². The van der Waals surface area contributed by atoms with Crippen molar-refractivity contribution in [2.75, 3.05) is 64.8 Å². The molecule has 0 bridgehead atoms. The van der Waals surface area contributed by atoms with Crippen molar-refractivity contribution in [1.29, 1.82) is 0 Å². The molecule has 10 heteroatoms. The second-order valence-electron chi connectivity index (χ2n) is 11.0. The molecule has 1 N–H and O–H groups in total. The second-order valence-corrected chi connectivity index (χ2v) is 11.0. The number of rotatable bonds is 9. The van der Waals surface area contributed by atoms with Gasteiger partial charge in [0.25, 0.3) is 0 Å². The fraction of sp³-hybridized carbons (Fsp3) is 0.257. The van der Waals surface area contributed by atoms with E-state index >= 15 is 0 Å². The summed E-state index contributed by atoms with van der Waals surface area (Å²) in [5.74, 6) is 3.23. The van der Waals surface area contributed by atoms with E-state index < -0.39 is 0 Å². The summed E-state index contributed by atoms with van der Waals surface area (Å²) in [6, 6.07) is 21.2. The minimum Gasteiger partial charge on any atom is -0.497 e. The van der Waals surface area contributed by atoms with E-state index in [0.717, 1.165) is 59.8 Å². The molecule has 5 aromatic rings. The number of fused-ring (bicyclic) bond motifs is 2. The monoisotopic (exact) mass is 606 g/mol. The topological polar surface area (TPSA) is 98.5 Å². The van der Waals surface area contributed by atoms with Crippen LogP contribution in [-0.2, 0) is 6.54 Å². The lowest BCUT2D eigenvalue weighted by Gasteiger charge is -2.36. The number of methoxy groups -OCH3 is 4. The molecule has 0 saturated carbocycles. The molecule has 10 nitrogen and oxygen atoms in total. The number of nitrogens with zero attached hydrogens (tertiary/aromatic N) is 3. The summed E-state index contributed by atoms with van der Waals surface area (Å²) >= 11 is 0. The molecule has 0 spiro atoms. The number of carbonyl (C=O) groups is 1. The maximum Gasteiger partial charge on any atom is 0.203 e. The van der Waals surface area contributed by atoms with Crippen LogP contribution in [0.25, 0.3) is 22.2 Å². The predicted octanol–water partition coefficient (Wildman–Crippen LogP) is 6.14. The minimum absolute atomic E-state index is 0.0532. The quantitative estimate of drug-likeness (QED) is 0.207. The highest BCUT2D eigenvalue weighted by Gasteiger charge is 2.34. The van der Waals surface area contributed by atoms with Crippen molar-refractivity contribution in [3.8, 4) is 34.3 Å². The lowest BCUT2D eigenvalue weighted by Crippen LogP contribution is -2.46. The van der Waals surface area contributed by atoms with Crippen LogP contribution < -0.4 is 29.2 Å². The summed E-state index contributed by atoms with van der Waals surface area (Å²) < 4.78 is 28.1. The smallest absolute Gasteiger partial charge is 0.203 e. The zero-order valence-corrected chi connectivity index (χ0v) is 25.7. The zero-order valence-electron chi connectivity index (χ0n) is 25.7. The van der Waals surface area contributed by atoms with Crippen LogP contribution in [0.5, 0.6) is 23.0 Å². The Labute approximate surface area is 261 Å². The van der Waals surface area contributed by atoms with Crippen LogP contribution in [0, 0.1) is 0 Å². The van der Waals surface area contributed by atoms with Gasteiger partial charge in [-0.25, -0.2) is 0 Å². The Morgan fingerprint density at radius 3 is 2.24 bits per heavy atom. The van der Waals surface area contributed by atoms with Gasteiger partial charge in [0, 0.05) is 55.1 Å². The standard InChI is InChI=1S/C35H34N4O6/c1-41-23-12-10-22(11-13-23)36-26-19-27(31-30-29(26)32(40)24-7-5-6-8-25(24)34(30)45-37-31)39-17-15-38(16-18-39)20-21-9-14-28(42-2)35(44-4)33(21)43-3/h5-14,19,36H,15-18,20H2,1-4H3. The van der Waals surface area contributed by atoms with Gasteiger partial charge in [-0.1, -0.05) is 35.5 Å². The third-order valence-corrected chi connectivity index (χ3v) is 8.64. The van der Waals surface area contributed by atoms with Gasteiger partial charge in [-0.05, 0) is 36.4 Å². The Morgan fingerprint density at radius 2 is 1.56 bits per heavy atom. The number of benzene rings is 4. The molecule has 7 rings (SSSR count). The third kappa shape index (κ3) is 4.87. The number of ether oxygens (including phenoxy) is 4. The van der Waals surface area contributed by atoms with E-state index in [0.29, 0.717) is 51.9 Å². The van der Waals surface area contributed by atoms with E-state index in [1.165, 1.54) is 0 Å². The maximum atomic E-state index is 14.0. The number of hydrogen-bond acceptors (Lipinski definition) is 10. The van der Waals surface area contributed by atoms with Crippen molar-refractivity contribution in [2.45, 2.75) is 6.54 Å². The highest BCUT2D eigenvalue weighted by atomic mass is 16.5. The summed E-state index contributed by atoms with van der Waals surface area (Å²) in [4.78, 5) is 18.7. The number of piperazine rings is 1. The predicted molar refractivity (Wildman–Crippen MR) is 173 cm³/mol. The van der Waals surface area contributed by atoms with Gasteiger partial charge in [0.2, 0.25) is 5.75 Å². The van der Waals surface area contributed by atoms with Crippen LogP contribution in [0.1, 0.15) is 21.5 Å². The molecular weight excluding hydrogens is 572 g/mol. The number of nitrogens with one attached hydrogen (secondary N) is 1. The Bertz CT molecular complexity index is 1890. The van der Waals surface area contributed by atoms with Gasteiger partial charge in [-0.15, -0.1) is 0 Å². The van der Waals surface area contributed by atoms with Gasteiger partial charge in [0.1, 0.15) is 11.3 Å². The molecule has 2 heterocycles. The molecule has 1 aliphatic heterocycles. The van der Waals surface area contributed by atoms with Crippen LogP contribution in [0.4, 0.5) is 17.1 Å². The van der Waals surface area contributed by atoms with Gasteiger partial charge in [0.05, 0.1) is 50.8 Å². The molecule has 1 aliphatic carbocycles. The number of carbonyl (C=O) groups excluding carboxylic acids is 1. The van der Waals surface area contributed by atoms with Crippen LogP contribution >= 0.6 is 0 Å². The molecule has 4 aromatic carbocycles. The van der Waals surface area contributed by atoms with Crippen molar-refractivity contribution in [1.82, 2.24) is 10.1 Å². The largest absolute Gasteiger partial charge is 0.497 e. The SMILES string of the molecule is COc1ccc(Nc2cc(N3CCN(Cc4ccc(OC)c(OC)c4OC)CC3)c3noc4c3c2C(=O)c2ccccc2-4)cc1. The normalized spacial score (nSPS) is 14.3. The zero-order chi connectivity index (χ0) is 31.1. The third-order valence-electron chi connectivity index (χ3n) is 8.64. The van der Waals surface area contributed by atoms with Crippen molar-refractivity contribution in [3.63, 3.8) is 0 Å². The number of aromatic nitrogens is 1. The molecule has 0 atom stereocenters. The second kappa shape index (κ2) is 11.7. The molecule has 230 valence electrons. The molecule has 45 heavy (non-hydrogen) atoms. The Kier molecular flexibility index (Phi) is 7.42. The first kappa shape index (κ1) is 28.5. The van der Waals surface area contributed by atoms with Gasteiger partial charge in [-0.2, -0.15) is 0 Å². The van der Waals surface area contributed by atoms with Crippen molar-refractivity contribution in [3.05, 3.63) is 83.4 Å². The van der Waals surface area contributed by atoms with Crippen LogP contribution in [0.3, 0.4) is 0 Å². The highest BCUT2D eigenvalue weighted by Crippen LogP contribution is 2.47. The van der Waals surface area contributed by atoms with Crippen LogP contribution in [-0.4, -0.2) is 70.5 Å². The van der Waals surface area contributed by atoms with E-state index in [1.54, 1.807) is 28.4 Å². The molecule has 0 unspecified atom stereocenters. The molecule has 1 fully saturated rings. The van der Waals surface area contributed by atoms with Crippen molar-refractivity contribution in [2.24, 2.45) is 0 Å². The first-order valence-corrected chi connectivity index (χ1v) is 14.8. The number of hydrogen-bond donors (Lipinski definition) is 1. The number of ketones is 1. The van der Waals surface area contributed by atoms with E-state index in [9.17, 15) is 4.79 Å². The Morgan fingerprint density at radius 1 is 0.822 bits per heavy atom. The van der Waals surface area contributed by atoms with Crippen LogP contribution in [0.15, 0.2) is 71.3 Å². The number of anilines is 3. The summed E-state index contributed by atoms with van der Waals surface area (Å²) in [5, 5.41) is 8.80. The fourth-order valence-electron chi connectivity index (χ4n) is 6.39. The summed E-state index contributed by atoms with van der Waals surface area (Å²) in [5.41, 5.74) is 6.14. The molecule has 1 aromatic heterocycles. The Hall–Kier alpha value is -5.22. The summed E-state index contributed by atoms with van der Waals surface area (Å²) in [7, 11) is 6.52. The van der Waals surface area contributed by atoms with E-state index in [4.69, 9.17) is 23.5 Å². The maximum absolute atomic E-state index is 14.0. The van der Waals surface area contributed by atoms with Gasteiger partial charge < -0.3 is 33.7 Å². The molecule has 1 saturated heterocycles. The summed E-state index contributed by atoms with van der Waals surface area (Å²) in [6.45, 7) is 3.86. The van der Waals surface area contributed by atoms with Gasteiger partial charge in [-0.3, -0.25) is 9.69 Å². The van der Waals surface area contributed by atoms with Gasteiger partial charge >= 0.3 is 0 Å². The first-order valence-electron chi connectivity index (χ1n) is 14.8. The van der Waals surface area contributed by atoms with E-state index in [2.05, 4.69) is 20.3 Å². The van der Waals surface area contributed by atoms with E-state index in [1.807, 2.05) is 66.7 Å². The molecule has 0 radical (unpaired) electrons. The average molecular weight is 607 g/mol.